The van der Waals surface area contributed by atoms with Gasteiger partial charge in [-0.1, -0.05) is 305 Å². The second-order valence-electron chi connectivity index (χ2n) is 26.0. The number of hydrogen-bond donors (Lipinski definition) is 3. The molecule has 89 heavy (non-hydrogen) atoms. The zero-order valence-electron chi connectivity index (χ0n) is 57.7. The SMILES string of the molecule is CCCCCCCCCCCCCC(=O)O[C@H](COC(=O)CCCCCCC)COP(=O)(O)OC[C@H](O)COP(=O)(O)OC[C@@H](COC(=O)CCCCCCCCCCC(C)CC)OC(=O)CCCCCCCCCCCCCCCCCCCCC(C)C. The maximum atomic E-state index is 13.0. The highest BCUT2D eigenvalue weighted by Gasteiger charge is 2.30. The second-order valence-corrected chi connectivity index (χ2v) is 28.9. The number of esters is 4. The Morgan fingerprint density at radius 3 is 0.854 bits per heavy atom. The number of rotatable bonds is 69. The highest BCUT2D eigenvalue weighted by atomic mass is 31.2. The molecular weight excluding hydrogens is 1170 g/mol. The molecule has 0 aromatic carbocycles. The lowest BCUT2D eigenvalue weighted by atomic mass is 9.99. The smallest absolute Gasteiger partial charge is 0.462 e. The van der Waals surface area contributed by atoms with Gasteiger partial charge in [0.25, 0.3) is 0 Å². The van der Waals surface area contributed by atoms with Crippen molar-refractivity contribution in [2.24, 2.45) is 11.8 Å². The van der Waals surface area contributed by atoms with Gasteiger partial charge in [-0.15, -0.1) is 0 Å². The first kappa shape index (κ1) is 87.1. The number of hydrogen-bond acceptors (Lipinski definition) is 15. The van der Waals surface area contributed by atoms with Gasteiger partial charge in [-0.3, -0.25) is 37.3 Å². The molecule has 3 unspecified atom stereocenters. The average Bonchev–Trinajstić information content (AvgIpc) is 3.61. The minimum absolute atomic E-state index is 0.106. The van der Waals surface area contributed by atoms with E-state index in [1.807, 2.05) is 0 Å². The fourth-order valence-corrected chi connectivity index (χ4v) is 12.1. The molecule has 0 rings (SSSR count). The summed E-state index contributed by atoms with van der Waals surface area (Å²) in [6.07, 6.45) is 47.6. The molecule has 0 saturated carbocycles. The quantitative estimate of drug-likeness (QED) is 0.0222. The maximum absolute atomic E-state index is 13.0. The van der Waals surface area contributed by atoms with Gasteiger partial charge in [0.15, 0.2) is 12.2 Å². The number of carbonyl (C=O) groups excluding carboxylic acids is 4. The molecule has 19 heteroatoms. The van der Waals surface area contributed by atoms with Crippen LogP contribution in [0.1, 0.15) is 356 Å². The number of ether oxygens (including phenoxy) is 4. The Labute approximate surface area is 543 Å². The molecule has 17 nitrogen and oxygen atoms in total. The van der Waals surface area contributed by atoms with Gasteiger partial charge in [0.2, 0.25) is 0 Å². The topological polar surface area (TPSA) is 237 Å². The summed E-state index contributed by atoms with van der Waals surface area (Å²) in [4.78, 5) is 72.2. The van der Waals surface area contributed by atoms with Crippen LogP contribution in [0.5, 0.6) is 0 Å². The van der Waals surface area contributed by atoms with E-state index < -0.39 is 97.5 Å². The van der Waals surface area contributed by atoms with Crippen molar-refractivity contribution in [3.8, 4) is 0 Å². The standard InChI is InChI=1S/C70H136O17P2/c1-7-10-12-14-15-16-25-29-36-42-48-54-69(74)86-65(58-80-67(72)52-46-38-13-11-8-2)60-84-88(76,77)82-56-64(71)57-83-89(78,79)85-61-66(59-81-68(73)53-47-41-35-32-31-34-40-45-51-63(6)9-3)87-70(75)55-49-43-37-30-27-24-22-20-18-17-19-21-23-26-28-33-39-44-50-62(4)5/h62-66,71H,7-61H2,1-6H3,(H,76,77)(H,78,79)/t63?,64-,65+,66+/m0/s1. The van der Waals surface area contributed by atoms with Gasteiger partial charge in [-0.2, -0.15) is 0 Å². The Morgan fingerprint density at radius 2 is 0.573 bits per heavy atom. The molecule has 0 aliphatic carbocycles. The summed E-state index contributed by atoms with van der Waals surface area (Å²) >= 11 is 0. The lowest BCUT2D eigenvalue weighted by molar-refractivity contribution is -0.161. The van der Waals surface area contributed by atoms with E-state index in [9.17, 15) is 43.2 Å². The minimum Gasteiger partial charge on any atom is -0.462 e. The number of aliphatic hydroxyl groups is 1. The van der Waals surface area contributed by atoms with Gasteiger partial charge >= 0.3 is 39.5 Å². The summed E-state index contributed by atoms with van der Waals surface area (Å²) in [7, 11) is -9.89. The normalized spacial score (nSPS) is 14.4. The molecule has 0 aromatic heterocycles. The van der Waals surface area contributed by atoms with E-state index >= 15 is 0 Å². The molecule has 0 radical (unpaired) electrons. The first-order chi connectivity index (χ1) is 42.9. The molecule has 0 aromatic rings. The molecule has 0 fully saturated rings. The molecule has 6 atom stereocenters. The van der Waals surface area contributed by atoms with E-state index in [0.717, 1.165) is 108 Å². The number of phosphoric ester groups is 2. The fraction of sp³-hybridized carbons (Fsp3) is 0.943. The lowest BCUT2D eigenvalue weighted by Gasteiger charge is -2.21. The summed E-state index contributed by atoms with van der Waals surface area (Å²) in [5.74, 6) is -0.538. The summed E-state index contributed by atoms with van der Waals surface area (Å²) in [5, 5.41) is 10.5. The van der Waals surface area contributed by atoms with E-state index in [1.165, 1.54) is 167 Å². The Hall–Kier alpha value is -1.94. The highest BCUT2D eigenvalue weighted by Crippen LogP contribution is 2.45. The van der Waals surface area contributed by atoms with E-state index in [1.54, 1.807) is 0 Å². The molecule has 3 N–H and O–H groups in total. The fourth-order valence-electron chi connectivity index (χ4n) is 10.6. The monoisotopic (exact) mass is 1310 g/mol. The molecule has 528 valence electrons. The van der Waals surface area contributed by atoms with Crippen LogP contribution in [0.3, 0.4) is 0 Å². The number of carbonyl (C=O) groups is 4. The number of phosphoric acid groups is 2. The van der Waals surface area contributed by atoms with Crippen molar-refractivity contribution in [2.75, 3.05) is 39.6 Å². The first-order valence-corrected chi connectivity index (χ1v) is 39.5. The molecule has 0 bridgehead atoms. The van der Waals surface area contributed by atoms with Crippen LogP contribution >= 0.6 is 15.6 Å². The summed E-state index contributed by atoms with van der Waals surface area (Å²) in [6.45, 7) is 9.49. The molecule has 0 aliphatic rings. The second kappa shape index (κ2) is 62.2. The van der Waals surface area contributed by atoms with Gasteiger partial charge < -0.3 is 33.8 Å². The molecule has 0 heterocycles. The first-order valence-electron chi connectivity index (χ1n) is 36.5. The number of aliphatic hydroxyl groups excluding tert-OH is 1. The molecule has 0 aliphatic heterocycles. The predicted molar refractivity (Wildman–Crippen MR) is 358 cm³/mol. The van der Waals surface area contributed by atoms with Crippen LogP contribution in [-0.2, 0) is 65.4 Å². The third kappa shape index (κ3) is 63.2. The zero-order chi connectivity index (χ0) is 65.7. The van der Waals surface area contributed by atoms with E-state index in [2.05, 4.69) is 41.5 Å². The van der Waals surface area contributed by atoms with Gasteiger partial charge in [0, 0.05) is 25.7 Å². The molecule has 0 spiro atoms. The van der Waals surface area contributed by atoms with Crippen molar-refractivity contribution in [1.82, 2.24) is 0 Å². The van der Waals surface area contributed by atoms with Crippen LogP contribution in [-0.4, -0.2) is 96.7 Å². The third-order valence-corrected chi connectivity index (χ3v) is 18.5. The van der Waals surface area contributed by atoms with Crippen molar-refractivity contribution in [2.45, 2.75) is 374 Å². The zero-order valence-corrected chi connectivity index (χ0v) is 59.5. The molecule has 0 amide bonds. The number of unbranched alkanes of at least 4 members (excludes halogenated alkanes) is 38. The highest BCUT2D eigenvalue weighted by molar-refractivity contribution is 7.47. The van der Waals surface area contributed by atoms with Crippen molar-refractivity contribution >= 4 is 39.5 Å². The van der Waals surface area contributed by atoms with Gasteiger partial charge in [0.05, 0.1) is 26.4 Å². The van der Waals surface area contributed by atoms with Crippen LogP contribution in [0.15, 0.2) is 0 Å². The Kier molecular flexibility index (Phi) is 60.8. The van der Waals surface area contributed by atoms with Crippen molar-refractivity contribution in [3.05, 3.63) is 0 Å². The van der Waals surface area contributed by atoms with Gasteiger partial charge in [0.1, 0.15) is 19.3 Å². The molecule has 0 saturated heterocycles. The average molecular weight is 1310 g/mol. The molecular formula is C70H136O17P2. The van der Waals surface area contributed by atoms with Crippen LogP contribution in [0.25, 0.3) is 0 Å². The Balaban J connectivity index is 5.11. The van der Waals surface area contributed by atoms with Crippen LogP contribution < -0.4 is 0 Å². The lowest BCUT2D eigenvalue weighted by Crippen LogP contribution is -2.30. The van der Waals surface area contributed by atoms with Gasteiger partial charge in [-0.05, 0) is 37.5 Å². The van der Waals surface area contributed by atoms with Crippen LogP contribution in [0, 0.1) is 11.8 Å². The van der Waals surface area contributed by atoms with Crippen molar-refractivity contribution in [1.29, 1.82) is 0 Å². The van der Waals surface area contributed by atoms with E-state index in [4.69, 9.17) is 37.0 Å². The van der Waals surface area contributed by atoms with Crippen LogP contribution in [0.2, 0.25) is 0 Å². The summed E-state index contributed by atoms with van der Waals surface area (Å²) < 4.78 is 68.0. The third-order valence-electron chi connectivity index (χ3n) is 16.6. The van der Waals surface area contributed by atoms with Crippen LogP contribution in [0.4, 0.5) is 0 Å². The van der Waals surface area contributed by atoms with E-state index in [0.29, 0.717) is 25.7 Å². The van der Waals surface area contributed by atoms with E-state index in [-0.39, 0.29) is 25.7 Å². The summed E-state index contributed by atoms with van der Waals surface area (Å²) in [6, 6.07) is 0. The Morgan fingerprint density at radius 1 is 0.326 bits per heavy atom. The van der Waals surface area contributed by atoms with Crippen molar-refractivity contribution < 1.29 is 80.2 Å². The largest absolute Gasteiger partial charge is 0.472 e. The summed E-state index contributed by atoms with van der Waals surface area (Å²) in [5.41, 5.74) is 0. The Bertz CT molecular complexity index is 1740. The maximum Gasteiger partial charge on any atom is 0.472 e. The van der Waals surface area contributed by atoms with Gasteiger partial charge in [-0.25, -0.2) is 9.13 Å². The predicted octanol–water partition coefficient (Wildman–Crippen LogP) is 20.0. The van der Waals surface area contributed by atoms with Crippen molar-refractivity contribution in [3.63, 3.8) is 0 Å². The minimum atomic E-state index is -4.95.